The van der Waals surface area contributed by atoms with E-state index in [0.29, 0.717) is 12.8 Å². The first kappa shape index (κ1) is 28.4. The number of hydrogen-bond donors (Lipinski definition) is 0. The van der Waals surface area contributed by atoms with E-state index in [1.807, 2.05) is 6.92 Å². The van der Waals surface area contributed by atoms with E-state index in [9.17, 15) is 24.0 Å². The normalized spacial score (nSPS) is 33.3. The topological polar surface area (TPSA) is 141 Å². The molecule has 0 amide bonds. The van der Waals surface area contributed by atoms with Gasteiger partial charge in [-0.15, -0.1) is 0 Å². The summed E-state index contributed by atoms with van der Waals surface area (Å²) in [7, 11) is 0. The van der Waals surface area contributed by atoms with Gasteiger partial charge in [0.05, 0.1) is 23.0 Å². The zero-order valence-electron chi connectivity index (χ0n) is 21.8. The van der Waals surface area contributed by atoms with Crippen LogP contribution >= 0.6 is 0 Å². The number of hydrogen-bond acceptors (Lipinski definition) is 11. The fraction of sp³-hybridized carbons (Fsp3) is 0.654. The van der Waals surface area contributed by atoms with Crippen LogP contribution in [0, 0.1) is 11.8 Å². The van der Waals surface area contributed by atoms with Crippen LogP contribution in [0.1, 0.15) is 53.9 Å². The van der Waals surface area contributed by atoms with Gasteiger partial charge in [-0.3, -0.25) is 14.4 Å². The molecule has 3 heterocycles. The first-order chi connectivity index (χ1) is 17.3. The fourth-order valence-corrected chi connectivity index (χ4v) is 5.22. The molecular weight excluding hydrogens is 488 g/mol. The molecule has 0 aromatic rings. The van der Waals surface area contributed by atoms with E-state index in [2.05, 4.69) is 6.58 Å². The van der Waals surface area contributed by atoms with Crippen LogP contribution < -0.4 is 0 Å². The van der Waals surface area contributed by atoms with E-state index in [1.165, 1.54) is 26.8 Å². The van der Waals surface area contributed by atoms with E-state index >= 15 is 0 Å². The largest absolute Gasteiger partial charge is 0.465 e. The highest BCUT2D eigenvalue weighted by Crippen LogP contribution is 2.48. The Labute approximate surface area is 215 Å². The SMILES string of the molecule is C=C1C(=O)O[C@@H]2[C@@H]3O[C@@](C)(CC[C@H](OC(C)=O)[C@@H]3COC(C)=O)C[C@@H](OC(=O)/C(=C\C)COC(C)=O)[C@@H]12. The average molecular weight is 523 g/mol. The number of fused-ring (bicyclic) bond motifs is 4. The molecule has 204 valence electrons. The van der Waals surface area contributed by atoms with Gasteiger partial charge in [0, 0.05) is 32.8 Å². The summed E-state index contributed by atoms with van der Waals surface area (Å²) in [5.74, 6) is -4.33. The Morgan fingerprint density at radius 1 is 1.03 bits per heavy atom. The van der Waals surface area contributed by atoms with Gasteiger partial charge >= 0.3 is 29.8 Å². The molecule has 0 spiro atoms. The molecule has 3 rings (SSSR count). The van der Waals surface area contributed by atoms with Crippen LogP contribution in [0.4, 0.5) is 0 Å². The average Bonchev–Trinajstić information content (AvgIpc) is 2.94. The predicted molar refractivity (Wildman–Crippen MR) is 126 cm³/mol. The van der Waals surface area contributed by atoms with Crippen molar-refractivity contribution >= 4 is 29.8 Å². The van der Waals surface area contributed by atoms with E-state index in [4.69, 9.17) is 28.4 Å². The predicted octanol–water partition coefficient (Wildman–Crippen LogP) is 1.96. The number of allylic oxidation sites excluding steroid dienone is 1. The van der Waals surface area contributed by atoms with Crippen LogP contribution in [-0.2, 0) is 52.4 Å². The molecule has 0 aromatic heterocycles. The van der Waals surface area contributed by atoms with Gasteiger partial charge in [0.2, 0.25) is 0 Å². The summed E-state index contributed by atoms with van der Waals surface area (Å²) < 4.78 is 33.9. The molecular formula is C26H34O11. The van der Waals surface area contributed by atoms with Crippen LogP contribution in [0.25, 0.3) is 0 Å². The zero-order valence-corrected chi connectivity index (χ0v) is 21.8. The highest BCUT2D eigenvalue weighted by Gasteiger charge is 2.59. The van der Waals surface area contributed by atoms with Crippen molar-refractivity contribution in [2.75, 3.05) is 13.2 Å². The third-order valence-electron chi connectivity index (χ3n) is 6.99. The lowest BCUT2D eigenvalue weighted by atomic mass is 9.78. The summed E-state index contributed by atoms with van der Waals surface area (Å²) in [6, 6.07) is 0. The minimum absolute atomic E-state index is 0.124. The Kier molecular flexibility index (Phi) is 8.78. The Bertz CT molecular complexity index is 998. The second-order valence-electron chi connectivity index (χ2n) is 9.85. The molecule has 7 atom stereocenters. The minimum Gasteiger partial charge on any atom is -0.465 e. The molecule has 3 aliphatic rings. The first-order valence-electron chi connectivity index (χ1n) is 12.2. The second kappa shape index (κ2) is 11.5. The van der Waals surface area contributed by atoms with E-state index in [-0.39, 0.29) is 30.8 Å². The summed E-state index contributed by atoms with van der Waals surface area (Å²) in [5.41, 5.74) is -0.596. The molecule has 0 unspecified atom stereocenters. The molecule has 3 fully saturated rings. The van der Waals surface area contributed by atoms with Gasteiger partial charge in [0.25, 0.3) is 0 Å². The third-order valence-corrected chi connectivity index (χ3v) is 6.99. The highest BCUT2D eigenvalue weighted by molar-refractivity contribution is 5.92. The molecule has 0 aliphatic carbocycles. The monoisotopic (exact) mass is 522 g/mol. The third kappa shape index (κ3) is 6.57. The van der Waals surface area contributed by atoms with E-state index in [1.54, 1.807) is 6.92 Å². The van der Waals surface area contributed by atoms with Crippen LogP contribution in [0.5, 0.6) is 0 Å². The summed E-state index contributed by atoms with van der Waals surface area (Å²) >= 11 is 0. The van der Waals surface area contributed by atoms with Gasteiger partial charge < -0.3 is 28.4 Å². The number of carbonyl (C=O) groups excluding carboxylic acids is 5. The molecule has 3 aliphatic heterocycles. The maximum atomic E-state index is 13.0. The molecule has 0 saturated carbocycles. The maximum absolute atomic E-state index is 13.0. The van der Waals surface area contributed by atoms with Crippen molar-refractivity contribution in [1.82, 2.24) is 0 Å². The van der Waals surface area contributed by atoms with Gasteiger partial charge in [0.1, 0.15) is 37.6 Å². The Hall–Kier alpha value is -3.21. The summed E-state index contributed by atoms with van der Waals surface area (Å²) in [4.78, 5) is 60.4. The van der Waals surface area contributed by atoms with Gasteiger partial charge in [-0.2, -0.15) is 0 Å². The van der Waals surface area contributed by atoms with Crippen molar-refractivity contribution in [3.8, 4) is 0 Å². The van der Waals surface area contributed by atoms with Crippen LogP contribution in [0.2, 0.25) is 0 Å². The van der Waals surface area contributed by atoms with Crippen molar-refractivity contribution in [3.63, 3.8) is 0 Å². The standard InChI is InChI=1S/C26H34O11/c1-7-17(11-32-14(3)27)25(31)35-20-10-26(6)9-8-19(34-16(5)29)18(12-33-15(4)28)22(37-26)23-21(20)13(2)24(30)36-23/h7,18-23H,2,8-12H2,1,3-6H3/b17-7-/t18-,19-,20+,21+,22+,23-,26-/m0/s1. The minimum atomic E-state index is -0.932. The lowest BCUT2D eigenvalue weighted by Gasteiger charge is -2.35. The van der Waals surface area contributed by atoms with E-state index in [0.717, 1.165) is 0 Å². The Morgan fingerprint density at radius 3 is 2.30 bits per heavy atom. The zero-order chi connectivity index (χ0) is 27.5. The second-order valence-corrected chi connectivity index (χ2v) is 9.85. The summed E-state index contributed by atoms with van der Waals surface area (Å²) in [6.45, 7) is 10.8. The summed E-state index contributed by atoms with van der Waals surface area (Å²) in [5, 5.41) is 0. The fourth-order valence-electron chi connectivity index (χ4n) is 5.22. The number of carbonyl (C=O) groups is 5. The van der Waals surface area contributed by atoms with Crippen molar-refractivity contribution in [2.45, 2.75) is 83.9 Å². The van der Waals surface area contributed by atoms with Crippen molar-refractivity contribution < 1.29 is 52.4 Å². The van der Waals surface area contributed by atoms with E-state index < -0.39 is 71.7 Å². The van der Waals surface area contributed by atoms with Gasteiger partial charge in [0.15, 0.2) is 0 Å². The van der Waals surface area contributed by atoms with Crippen LogP contribution in [0.3, 0.4) is 0 Å². The molecule has 11 nitrogen and oxygen atoms in total. The quantitative estimate of drug-likeness (QED) is 0.275. The van der Waals surface area contributed by atoms with Crippen LogP contribution in [0.15, 0.2) is 23.8 Å². The smallest absolute Gasteiger partial charge is 0.337 e. The Balaban J connectivity index is 1.97. The number of esters is 5. The molecule has 3 saturated heterocycles. The van der Waals surface area contributed by atoms with Crippen LogP contribution in [-0.4, -0.2) is 73.1 Å². The first-order valence-corrected chi connectivity index (χ1v) is 12.2. The molecule has 0 N–H and O–H groups in total. The van der Waals surface area contributed by atoms with Crippen molar-refractivity contribution in [2.24, 2.45) is 11.8 Å². The summed E-state index contributed by atoms with van der Waals surface area (Å²) in [6.07, 6.45) is -0.773. The molecule has 11 heteroatoms. The molecule has 2 bridgehead atoms. The van der Waals surface area contributed by atoms with Gasteiger partial charge in [-0.1, -0.05) is 12.7 Å². The molecule has 0 radical (unpaired) electrons. The van der Waals surface area contributed by atoms with Crippen molar-refractivity contribution in [1.29, 1.82) is 0 Å². The number of ether oxygens (including phenoxy) is 6. The molecule has 0 aromatic carbocycles. The van der Waals surface area contributed by atoms with Gasteiger partial charge in [-0.05, 0) is 26.7 Å². The van der Waals surface area contributed by atoms with Gasteiger partial charge in [-0.25, -0.2) is 9.59 Å². The van der Waals surface area contributed by atoms with Crippen molar-refractivity contribution in [3.05, 3.63) is 23.8 Å². The lowest BCUT2D eigenvalue weighted by molar-refractivity contribution is -0.178. The lowest BCUT2D eigenvalue weighted by Crippen LogP contribution is -2.48. The maximum Gasteiger partial charge on any atom is 0.337 e. The number of rotatable bonds is 7. The Morgan fingerprint density at radius 2 is 1.70 bits per heavy atom. The highest BCUT2D eigenvalue weighted by atomic mass is 16.6. The molecule has 37 heavy (non-hydrogen) atoms.